The third kappa shape index (κ3) is 4.26. The predicted molar refractivity (Wildman–Crippen MR) is 63.8 cm³/mol. The zero-order chi connectivity index (χ0) is 16.4. The van der Waals surface area contributed by atoms with E-state index in [2.05, 4.69) is 5.32 Å². The number of halogens is 4. The van der Waals surface area contributed by atoms with Gasteiger partial charge in [-0.2, -0.15) is 13.2 Å². The average Bonchev–Trinajstić information content (AvgIpc) is 2.34. The predicted octanol–water partition coefficient (Wildman–Crippen LogP) is 1.62. The van der Waals surface area contributed by atoms with Crippen LogP contribution in [0.3, 0.4) is 0 Å². The molecule has 0 bridgehead atoms. The summed E-state index contributed by atoms with van der Waals surface area (Å²) in [5.41, 5.74) is -1.28. The van der Waals surface area contributed by atoms with Crippen LogP contribution in [0.25, 0.3) is 0 Å². The lowest BCUT2D eigenvalue weighted by Gasteiger charge is -2.13. The standard InChI is InChI=1S/C9H9F4N3O4S/c1-14-7-3-5(16(17)18)2-6(10)8(7)21(19,20)15-4-9(11,12)13/h2-3,14-15H,4H2,1H3. The van der Waals surface area contributed by atoms with Gasteiger partial charge in [-0.3, -0.25) is 10.1 Å². The monoisotopic (exact) mass is 331 g/mol. The molecule has 21 heavy (non-hydrogen) atoms. The molecule has 0 aliphatic heterocycles. The number of nitrogens with one attached hydrogen (secondary N) is 2. The third-order valence-corrected chi connectivity index (χ3v) is 3.72. The van der Waals surface area contributed by atoms with Gasteiger partial charge in [-0.1, -0.05) is 0 Å². The van der Waals surface area contributed by atoms with Crippen LogP contribution in [0.15, 0.2) is 17.0 Å². The van der Waals surface area contributed by atoms with Gasteiger partial charge in [0.25, 0.3) is 5.69 Å². The Morgan fingerprint density at radius 2 is 1.90 bits per heavy atom. The summed E-state index contributed by atoms with van der Waals surface area (Å²) in [6.45, 7) is -1.89. The molecule has 0 spiro atoms. The van der Waals surface area contributed by atoms with E-state index >= 15 is 0 Å². The molecule has 0 fully saturated rings. The van der Waals surface area contributed by atoms with E-state index in [-0.39, 0.29) is 0 Å². The normalized spacial score (nSPS) is 12.2. The van der Waals surface area contributed by atoms with E-state index in [1.807, 2.05) is 0 Å². The van der Waals surface area contributed by atoms with E-state index in [4.69, 9.17) is 0 Å². The first-order valence-corrected chi connectivity index (χ1v) is 6.68. The molecule has 0 unspecified atom stereocenters. The molecule has 0 aromatic heterocycles. The Hall–Kier alpha value is -1.95. The highest BCUT2D eigenvalue weighted by atomic mass is 32.2. The molecule has 0 aliphatic rings. The number of non-ortho nitro benzene ring substituents is 1. The Bertz CT molecular complexity index is 660. The fourth-order valence-electron chi connectivity index (χ4n) is 1.39. The fourth-order valence-corrected chi connectivity index (χ4v) is 2.66. The first-order chi connectivity index (χ1) is 9.48. The van der Waals surface area contributed by atoms with Gasteiger partial charge in [-0.15, -0.1) is 0 Å². The van der Waals surface area contributed by atoms with Gasteiger partial charge in [0.1, 0.15) is 11.4 Å². The number of hydrogen-bond donors (Lipinski definition) is 2. The van der Waals surface area contributed by atoms with E-state index < -0.39 is 49.8 Å². The highest BCUT2D eigenvalue weighted by Crippen LogP contribution is 2.29. The number of nitrogens with zero attached hydrogens (tertiary/aromatic N) is 1. The van der Waals surface area contributed by atoms with Crippen molar-refractivity contribution in [2.45, 2.75) is 11.1 Å². The van der Waals surface area contributed by atoms with Gasteiger partial charge in [0.2, 0.25) is 10.0 Å². The Morgan fingerprint density at radius 3 is 2.33 bits per heavy atom. The van der Waals surface area contributed by atoms with Crippen molar-refractivity contribution < 1.29 is 30.9 Å². The van der Waals surface area contributed by atoms with Crippen LogP contribution in [-0.2, 0) is 10.0 Å². The van der Waals surface area contributed by atoms with E-state index in [9.17, 15) is 36.1 Å². The van der Waals surface area contributed by atoms with E-state index in [0.717, 1.165) is 7.05 Å². The van der Waals surface area contributed by atoms with Crippen LogP contribution in [0.5, 0.6) is 0 Å². The molecule has 118 valence electrons. The molecule has 7 nitrogen and oxygen atoms in total. The van der Waals surface area contributed by atoms with Crippen LogP contribution in [0.2, 0.25) is 0 Å². The summed E-state index contributed by atoms with van der Waals surface area (Å²) in [5, 5.41) is 12.7. The van der Waals surface area contributed by atoms with Crippen molar-refractivity contribution in [1.82, 2.24) is 4.72 Å². The molecule has 0 atom stereocenters. The number of anilines is 1. The van der Waals surface area contributed by atoms with Crippen molar-refractivity contribution in [3.05, 3.63) is 28.1 Å². The molecule has 0 saturated heterocycles. The first kappa shape index (κ1) is 17.1. The molecule has 1 aromatic carbocycles. The smallest absolute Gasteiger partial charge is 0.387 e. The van der Waals surface area contributed by atoms with Gasteiger partial charge in [0.15, 0.2) is 5.82 Å². The van der Waals surface area contributed by atoms with Crippen LogP contribution in [0.4, 0.5) is 28.9 Å². The van der Waals surface area contributed by atoms with Crippen LogP contribution in [-0.4, -0.2) is 33.1 Å². The summed E-state index contributed by atoms with van der Waals surface area (Å²) in [6, 6.07) is 1.01. The van der Waals surface area contributed by atoms with E-state index in [1.165, 1.54) is 4.72 Å². The Labute approximate surface area is 116 Å². The van der Waals surface area contributed by atoms with Gasteiger partial charge in [-0.05, 0) is 0 Å². The minimum atomic E-state index is -4.84. The maximum absolute atomic E-state index is 13.7. The molecule has 12 heteroatoms. The lowest BCUT2D eigenvalue weighted by atomic mass is 10.2. The zero-order valence-corrected chi connectivity index (χ0v) is 11.2. The highest BCUT2D eigenvalue weighted by molar-refractivity contribution is 7.89. The molecule has 1 aromatic rings. The second-order valence-corrected chi connectivity index (χ2v) is 5.45. The first-order valence-electron chi connectivity index (χ1n) is 5.20. The van der Waals surface area contributed by atoms with Gasteiger partial charge in [-0.25, -0.2) is 17.5 Å². The molecule has 0 saturated carbocycles. The Balaban J connectivity index is 3.32. The van der Waals surface area contributed by atoms with Gasteiger partial charge in [0, 0.05) is 13.1 Å². The third-order valence-electron chi connectivity index (χ3n) is 2.24. The van der Waals surface area contributed by atoms with E-state index in [0.29, 0.717) is 12.1 Å². The summed E-state index contributed by atoms with van der Waals surface area (Å²) >= 11 is 0. The Kier molecular flexibility index (Phi) is 4.73. The van der Waals surface area contributed by atoms with Gasteiger partial charge < -0.3 is 5.32 Å². The molecule has 0 amide bonds. The van der Waals surface area contributed by atoms with Gasteiger partial charge in [0.05, 0.1) is 16.7 Å². The summed E-state index contributed by atoms with van der Waals surface area (Å²) in [7, 11) is -3.70. The number of nitro benzene ring substituents is 1. The van der Waals surface area contributed by atoms with Crippen LogP contribution in [0, 0.1) is 15.9 Å². The number of sulfonamides is 1. The molecule has 1 rings (SSSR count). The van der Waals surface area contributed by atoms with E-state index in [1.54, 1.807) is 0 Å². The second-order valence-electron chi connectivity index (χ2n) is 3.75. The largest absolute Gasteiger partial charge is 0.402 e. The maximum atomic E-state index is 13.7. The Morgan fingerprint density at radius 1 is 1.33 bits per heavy atom. The average molecular weight is 331 g/mol. The summed E-state index contributed by atoms with van der Waals surface area (Å²) < 4.78 is 74.4. The van der Waals surface area contributed by atoms with Crippen LogP contribution in [0.1, 0.15) is 0 Å². The molecule has 2 N–H and O–H groups in total. The number of alkyl halides is 3. The lowest BCUT2D eigenvalue weighted by molar-refractivity contribution is -0.385. The van der Waals surface area contributed by atoms with Gasteiger partial charge >= 0.3 is 6.18 Å². The molecular weight excluding hydrogens is 322 g/mol. The van der Waals surface area contributed by atoms with Crippen LogP contribution < -0.4 is 10.0 Å². The minimum absolute atomic E-state index is 0.309. The number of hydrogen-bond acceptors (Lipinski definition) is 5. The van der Waals surface area contributed by atoms with Crippen molar-refractivity contribution in [3.8, 4) is 0 Å². The maximum Gasteiger partial charge on any atom is 0.402 e. The zero-order valence-electron chi connectivity index (χ0n) is 10.4. The molecule has 0 heterocycles. The topological polar surface area (TPSA) is 101 Å². The van der Waals surface area contributed by atoms with Crippen molar-refractivity contribution in [1.29, 1.82) is 0 Å². The summed E-state index contributed by atoms with van der Waals surface area (Å²) in [6.07, 6.45) is -4.83. The quantitative estimate of drug-likeness (QED) is 0.485. The van der Waals surface area contributed by atoms with Crippen LogP contribution >= 0.6 is 0 Å². The SMILES string of the molecule is CNc1cc([N+](=O)[O-])cc(F)c1S(=O)(=O)NCC(F)(F)F. The fraction of sp³-hybridized carbons (Fsp3) is 0.333. The highest BCUT2D eigenvalue weighted by Gasteiger charge is 2.33. The molecular formula is C9H9F4N3O4S. The van der Waals surface area contributed by atoms with Crippen molar-refractivity contribution in [2.75, 3.05) is 18.9 Å². The number of rotatable bonds is 5. The van der Waals surface area contributed by atoms with Crippen molar-refractivity contribution >= 4 is 21.4 Å². The minimum Gasteiger partial charge on any atom is -0.387 e. The van der Waals surface area contributed by atoms with Crippen molar-refractivity contribution in [2.24, 2.45) is 0 Å². The number of benzene rings is 1. The lowest BCUT2D eigenvalue weighted by Crippen LogP contribution is -2.34. The van der Waals surface area contributed by atoms with Crippen molar-refractivity contribution in [3.63, 3.8) is 0 Å². The number of nitro groups is 1. The molecule has 0 radical (unpaired) electrons. The summed E-state index contributed by atoms with van der Waals surface area (Å²) in [5.74, 6) is -1.54. The molecule has 0 aliphatic carbocycles. The summed E-state index contributed by atoms with van der Waals surface area (Å²) in [4.78, 5) is 8.44. The second kappa shape index (κ2) is 5.81.